The third-order valence-corrected chi connectivity index (χ3v) is 5.82. The molecule has 1 atom stereocenters. The molecule has 4 heteroatoms. The predicted octanol–water partition coefficient (Wildman–Crippen LogP) is 4.64. The Morgan fingerprint density at radius 1 is 1.29 bits per heavy atom. The number of hydrogen-bond donors (Lipinski definition) is 1. The number of nitrogens with one attached hydrogen (secondary N) is 1. The summed E-state index contributed by atoms with van der Waals surface area (Å²) in [6, 6.07) is 7.85. The number of allylic oxidation sites excluding steroid dienone is 4. The average molecular weight is 388 g/mol. The molecule has 126 valence electrons. The summed E-state index contributed by atoms with van der Waals surface area (Å²) in [6.07, 6.45) is 1.65. The highest BCUT2D eigenvalue weighted by molar-refractivity contribution is 9.10. The molecule has 0 aromatic heterocycles. The monoisotopic (exact) mass is 387 g/mol. The van der Waals surface area contributed by atoms with Crippen molar-refractivity contribution in [3.63, 3.8) is 0 Å². The highest BCUT2D eigenvalue weighted by Gasteiger charge is 2.44. The SMILES string of the molecule is CC(=O)C1=C(C)NC2=C(C(=O)C(C)(C)CC2)C1c1ccccc1Br. The molecule has 24 heavy (non-hydrogen) atoms. The van der Waals surface area contributed by atoms with E-state index in [1.54, 1.807) is 6.92 Å². The first-order valence-corrected chi connectivity index (χ1v) is 9.04. The predicted molar refractivity (Wildman–Crippen MR) is 98.4 cm³/mol. The smallest absolute Gasteiger partial charge is 0.167 e. The summed E-state index contributed by atoms with van der Waals surface area (Å²) in [6.45, 7) is 7.49. The second-order valence-electron chi connectivity index (χ2n) is 7.28. The molecule has 0 amide bonds. The summed E-state index contributed by atoms with van der Waals surface area (Å²) in [4.78, 5) is 25.6. The summed E-state index contributed by atoms with van der Waals surface area (Å²) >= 11 is 3.61. The fourth-order valence-corrected chi connectivity index (χ4v) is 4.28. The third kappa shape index (κ3) is 2.67. The number of dihydropyridines is 1. The second-order valence-corrected chi connectivity index (χ2v) is 8.13. The van der Waals surface area contributed by atoms with Crippen LogP contribution in [-0.2, 0) is 9.59 Å². The summed E-state index contributed by atoms with van der Waals surface area (Å²) in [7, 11) is 0. The van der Waals surface area contributed by atoms with Crippen molar-refractivity contribution in [1.82, 2.24) is 5.32 Å². The molecule has 1 heterocycles. The van der Waals surface area contributed by atoms with Crippen LogP contribution in [0.3, 0.4) is 0 Å². The van der Waals surface area contributed by atoms with E-state index in [-0.39, 0.29) is 17.5 Å². The van der Waals surface area contributed by atoms with Gasteiger partial charge in [0.1, 0.15) is 0 Å². The minimum atomic E-state index is -0.396. The Labute approximate surface area is 151 Å². The Kier molecular flexibility index (Phi) is 4.28. The van der Waals surface area contributed by atoms with Crippen LogP contribution in [0.25, 0.3) is 0 Å². The van der Waals surface area contributed by atoms with E-state index < -0.39 is 5.41 Å². The van der Waals surface area contributed by atoms with Crippen molar-refractivity contribution < 1.29 is 9.59 Å². The number of benzene rings is 1. The van der Waals surface area contributed by atoms with Crippen molar-refractivity contribution in [2.75, 3.05) is 0 Å². The van der Waals surface area contributed by atoms with E-state index in [9.17, 15) is 9.59 Å². The molecule has 0 fully saturated rings. The third-order valence-electron chi connectivity index (χ3n) is 5.10. The van der Waals surface area contributed by atoms with Gasteiger partial charge in [-0.15, -0.1) is 0 Å². The van der Waals surface area contributed by atoms with Gasteiger partial charge in [-0.2, -0.15) is 0 Å². The molecule has 0 radical (unpaired) electrons. The van der Waals surface area contributed by atoms with Crippen LogP contribution in [0.1, 0.15) is 52.0 Å². The van der Waals surface area contributed by atoms with Crippen molar-refractivity contribution in [3.8, 4) is 0 Å². The van der Waals surface area contributed by atoms with Gasteiger partial charge in [0.05, 0.1) is 0 Å². The van der Waals surface area contributed by atoms with E-state index in [0.29, 0.717) is 5.57 Å². The maximum Gasteiger partial charge on any atom is 0.167 e. The van der Waals surface area contributed by atoms with Crippen molar-refractivity contribution in [1.29, 1.82) is 0 Å². The normalized spacial score (nSPS) is 23.0. The molecule has 1 aliphatic heterocycles. The van der Waals surface area contributed by atoms with Crippen molar-refractivity contribution in [3.05, 3.63) is 56.8 Å². The molecule has 0 saturated heterocycles. The van der Waals surface area contributed by atoms with Crippen LogP contribution in [0.4, 0.5) is 0 Å². The molecule has 3 rings (SSSR count). The lowest BCUT2D eigenvalue weighted by Crippen LogP contribution is -2.40. The Morgan fingerprint density at radius 3 is 2.58 bits per heavy atom. The minimum absolute atomic E-state index is 0.00322. The molecule has 1 unspecified atom stereocenters. The lowest BCUT2D eigenvalue weighted by atomic mass is 9.67. The van der Waals surface area contributed by atoms with E-state index in [2.05, 4.69) is 21.2 Å². The van der Waals surface area contributed by atoms with Gasteiger partial charge in [-0.1, -0.05) is 48.0 Å². The van der Waals surface area contributed by atoms with Crippen LogP contribution in [-0.4, -0.2) is 11.6 Å². The van der Waals surface area contributed by atoms with Crippen LogP contribution < -0.4 is 5.32 Å². The molecule has 1 aliphatic carbocycles. The van der Waals surface area contributed by atoms with Gasteiger partial charge in [0, 0.05) is 38.3 Å². The van der Waals surface area contributed by atoms with Gasteiger partial charge in [-0.25, -0.2) is 0 Å². The molecule has 1 aromatic carbocycles. The minimum Gasteiger partial charge on any atom is -0.362 e. The highest BCUT2D eigenvalue weighted by atomic mass is 79.9. The molecule has 3 nitrogen and oxygen atoms in total. The second kappa shape index (κ2) is 5.99. The number of carbonyl (C=O) groups is 2. The van der Waals surface area contributed by atoms with E-state index in [4.69, 9.17) is 0 Å². The number of carbonyl (C=O) groups excluding carboxylic acids is 2. The maximum atomic E-state index is 13.2. The Morgan fingerprint density at radius 2 is 1.96 bits per heavy atom. The van der Waals surface area contributed by atoms with Gasteiger partial charge >= 0.3 is 0 Å². The van der Waals surface area contributed by atoms with Gasteiger partial charge in [0.15, 0.2) is 11.6 Å². The summed E-state index contributed by atoms with van der Waals surface area (Å²) in [5.41, 5.74) is 3.85. The zero-order valence-electron chi connectivity index (χ0n) is 14.5. The fraction of sp³-hybridized carbons (Fsp3) is 0.400. The zero-order valence-corrected chi connectivity index (χ0v) is 16.1. The Hall–Kier alpha value is -1.68. The van der Waals surface area contributed by atoms with Crippen LogP contribution in [0.2, 0.25) is 0 Å². The Bertz CT molecular complexity index is 802. The number of Topliss-reactive ketones (excluding diaryl/α,β-unsaturated/α-hetero) is 2. The fourth-order valence-electron chi connectivity index (χ4n) is 3.76. The summed E-state index contributed by atoms with van der Waals surface area (Å²) in [5, 5.41) is 3.34. The van der Waals surface area contributed by atoms with E-state index in [1.807, 2.05) is 45.0 Å². The highest BCUT2D eigenvalue weighted by Crippen LogP contribution is 2.48. The molecule has 2 aliphatic rings. The molecule has 1 N–H and O–H groups in total. The number of rotatable bonds is 2. The molecule has 0 saturated carbocycles. The van der Waals surface area contributed by atoms with Gasteiger partial charge < -0.3 is 5.32 Å². The first-order valence-electron chi connectivity index (χ1n) is 8.25. The van der Waals surface area contributed by atoms with Gasteiger partial charge in [-0.3, -0.25) is 9.59 Å². The van der Waals surface area contributed by atoms with E-state index in [1.165, 1.54) is 0 Å². The first kappa shape index (κ1) is 17.2. The molecule has 0 spiro atoms. The van der Waals surface area contributed by atoms with E-state index >= 15 is 0 Å². The zero-order chi connectivity index (χ0) is 17.6. The van der Waals surface area contributed by atoms with Crippen LogP contribution in [0.15, 0.2) is 51.3 Å². The summed E-state index contributed by atoms with van der Waals surface area (Å²) in [5.74, 6) is -0.159. The average Bonchev–Trinajstić information content (AvgIpc) is 2.50. The van der Waals surface area contributed by atoms with Gasteiger partial charge in [0.2, 0.25) is 0 Å². The van der Waals surface area contributed by atoms with Crippen molar-refractivity contribution in [2.24, 2.45) is 5.41 Å². The van der Waals surface area contributed by atoms with Crippen LogP contribution in [0, 0.1) is 5.41 Å². The number of ketones is 2. The van der Waals surface area contributed by atoms with Crippen molar-refractivity contribution in [2.45, 2.75) is 46.5 Å². The standard InChI is InChI=1S/C20H22BrNO2/c1-11-16(12(2)23)17(13-7-5-6-8-14(13)21)18-15(22-11)9-10-20(3,4)19(18)24/h5-8,17,22H,9-10H2,1-4H3. The maximum absolute atomic E-state index is 13.2. The first-order chi connectivity index (χ1) is 11.2. The number of halogens is 1. The van der Waals surface area contributed by atoms with Crippen molar-refractivity contribution >= 4 is 27.5 Å². The molecule has 1 aromatic rings. The molecular formula is C20H22BrNO2. The van der Waals surface area contributed by atoms with E-state index in [0.717, 1.165) is 39.8 Å². The van der Waals surface area contributed by atoms with Gasteiger partial charge in [-0.05, 0) is 38.3 Å². The largest absolute Gasteiger partial charge is 0.362 e. The van der Waals surface area contributed by atoms with Crippen LogP contribution >= 0.6 is 15.9 Å². The molecule has 0 bridgehead atoms. The lowest BCUT2D eigenvalue weighted by Gasteiger charge is -2.39. The quantitative estimate of drug-likeness (QED) is 0.803. The Balaban J connectivity index is 2.26. The number of hydrogen-bond acceptors (Lipinski definition) is 3. The van der Waals surface area contributed by atoms with Gasteiger partial charge in [0.25, 0.3) is 0 Å². The summed E-state index contributed by atoms with van der Waals surface area (Å²) < 4.78 is 0.923. The lowest BCUT2D eigenvalue weighted by molar-refractivity contribution is -0.124. The van der Waals surface area contributed by atoms with Crippen LogP contribution in [0.5, 0.6) is 0 Å². The topological polar surface area (TPSA) is 46.2 Å². The molecular weight excluding hydrogens is 366 g/mol.